The number of phenolic OH excluding ortho intramolecular Hbond substituents is 1. The number of nitro groups is 2. The highest BCUT2D eigenvalue weighted by atomic mass is 16.6. The molecule has 3 N–H and O–H groups in total. The largest absolute Gasteiger partial charge is 0.497 e. The number of nitrogen functional groups attached to an aromatic ring is 1. The molecule has 0 bridgehead atoms. The quantitative estimate of drug-likeness (QED) is 0.429. The number of hydrogen-bond acceptors (Lipinski definition) is 6. The Labute approximate surface area is 83.2 Å². The molecule has 0 spiro atoms. The van der Waals surface area contributed by atoms with Crippen LogP contribution >= 0.6 is 0 Å². The van der Waals surface area contributed by atoms with Gasteiger partial charge in [-0.2, -0.15) is 0 Å². The monoisotopic (exact) mass is 213 g/mol. The van der Waals surface area contributed by atoms with Crippen LogP contribution in [-0.2, 0) is 0 Å². The van der Waals surface area contributed by atoms with Gasteiger partial charge in [0, 0.05) is 6.07 Å². The summed E-state index contributed by atoms with van der Waals surface area (Å²) in [5.41, 5.74) is 3.67. The first-order valence-electron chi connectivity index (χ1n) is 3.77. The lowest BCUT2D eigenvalue weighted by atomic mass is 10.1. The van der Waals surface area contributed by atoms with Crippen LogP contribution in [-0.4, -0.2) is 15.0 Å². The molecule has 1 aromatic carbocycles. The van der Waals surface area contributed by atoms with Crippen LogP contribution in [0.15, 0.2) is 6.07 Å². The molecule has 8 heteroatoms. The third-order valence-corrected chi connectivity index (χ3v) is 1.88. The van der Waals surface area contributed by atoms with Crippen molar-refractivity contribution in [2.24, 2.45) is 0 Å². The zero-order chi connectivity index (χ0) is 11.7. The summed E-state index contributed by atoms with van der Waals surface area (Å²) in [6, 6.07) is 0.984. The molecule has 0 radical (unpaired) electrons. The number of phenols is 1. The Morgan fingerprint density at radius 3 is 2.27 bits per heavy atom. The number of nitrogens with zero attached hydrogens (tertiary/aromatic N) is 2. The van der Waals surface area contributed by atoms with Gasteiger partial charge in [0.1, 0.15) is 5.69 Å². The minimum atomic E-state index is -1.02. The SMILES string of the molecule is Cc1cc([N+](=O)[O-])c(O)c([N+](=O)[O-])c1N. The second-order valence-corrected chi connectivity index (χ2v) is 2.84. The Balaban J connectivity index is 3.63. The highest BCUT2D eigenvalue weighted by Crippen LogP contribution is 2.41. The molecule has 0 atom stereocenters. The van der Waals surface area contributed by atoms with Crippen LogP contribution < -0.4 is 5.73 Å². The molecule has 8 nitrogen and oxygen atoms in total. The van der Waals surface area contributed by atoms with Crippen molar-refractivity contribution in [3.05, 3.63) is 31.9 Å². The molecule has 15 heavy (non-hydrogen) atoms. The van der Waals surface area contributed by atoms with Crippen molar-refractivity contribution in [3.63, 3.8) is 0 Å². The average Bonchev–Trinajstić information content (AvgIpc) is 2.10. The Kier molecular flexibility index (Phi) is 2.43. The van der Waals surface area contributed by atoms with Crippen LogP contribution in [0.25, 0.3) is 0 Å². The van der Waals surface area contributed by atoms with Crippen molar-refractivity contribution < 1.29 is 15.0 Å². The molecule has 0 unspecified atom stereocenters. The summed E-state index contributed by atoms with van der Waals surface area (Å²) >= 11 is 0. The maximum Gasteiger partial charge on any atom is 0.340 e. The third-order valence-electron chi connectivity index (χ3n) is 1.88. The van der Waals surface area contributed by atoms with Gasteiger partial charge in [0.15, 0.2) is 0 Å². The molecule has 0 aliphatic carbocycles. The average molecular weight is 213 g/mol. The second-order valence-electron chi connectivity index (χ2n) is 2.84. The van der Waals surface area contributed by atoms with Crippen LogP contribution in [0.2, 0.25) is 0 Å². The second kappa shape index (κ2) is 3.40. The van der Waals surface area contributed by atoms with E-state index in [1.807, 2.05) is 0 Å². The molecule has 0 aliphatic heterocycles. The highest BCUT2D eigenvalue weighted by Gasteiger charge is 2.29. The van der Waals surface area contributed by atoms with Crippen LogP contribution in [0.5, 0.6) is 5.75 Å². The number of aryl methyl sites for hydroxylation is 1. The summed E-state index contributed by atoms with van der Waals surface area (Å²) in [5.74, 6) is -1.02. The van der Waals surface area contributed by atoms with Crippen molar-refractivity contribution in [1.29, 1.82) is 0 Å². The van der Waals surface area contributed by atoms with E-state index in [1.165, 1.54) is 6.92 Å². The first kappa shape index (κ1) is 10.7. The van der Waals surface area contributed by atoms with E-state index in [9.17, 15) is 25.3 Å². The Morgan fingerprint density at radius 1 is 1.33 bits per heavy atom. The first-order valence-corrected chi connectivity index (χ1v) is 3.77. The van der Waals surface area contributed by atoms with Gasteiger partial charge in [-0.3, -0.25) is 20.2 Å². The minimum absolute atomic E-state index is 0.172. The van der Waals surface area contributed by atoms with Gasteiger partial charge in [-0.1, -0.05) is 0 Å². The van der Waals surface area contributed by atoms with Gasteiger partial charge in [-0.05, 0) is 12.5 Å². The lowest BCUT2D eigenvalue weighted by molar-refractivity contribution is -0.395. The summed E-state index contributed by atoms with van der Waals surface area (Å²) in [7, 11) is 0. The maximum atomic E-state index is 10.5. The summed E-state index contributed by atoms with van der Waals surface area (Å²) < 4.78 is 0. The lowest BCUT2D eigenvalue weighted by Gasteiger charge is -2.03. The number of nitrogens with two attached hydrogens (primary N) is 1. The Morgan fingerprint density at radius 2 is 1.87 bits per heavy atom. The van der Waals surface area contributed by atoms with E-state index in [0.29, 0.717) is 0 Å². The summed E-state index contributed by atoms with van der Waals surface area (Å²) in [6.45, 7) is 1.38. The topological polar surface area (TPSA) is 133 Å². The molecule has 80 valence electrons. The summed E-state index contributed by atoms with van der Waals surface area (Å²) in [5, 5.41) is 30.2. The predicted molar refractivity (Wildman–Crippen MR) is 50.6 cm³/mol. The standard InChI is InChI=1S/C7H7N3O5/c1-3-2-4(9(12)13)7(11)6(5(3)8)10(14)15/h2,11H,8H2,1H3. The molecule has 0 saturated heterocycles. The molecular weight excluding hydrogens is 206 g/mol. The molecule has 1 aromatic rings. The van der Waals surface area contributed by atoms with E-state index in [0.717, 1.165) is 6.07 Å². The van der Waals surface area contributed by atoms with Gasteiger partial charge in [0.25, 0.3) is 5.75 Å². The fourth-order valence-electron chi connectivity index (χ4n) is 1.11. The van der Waals surface area contributed by atoms with Gasteiger partial charge in [-0.25, -0.2) is 0 Å². The molecule has 1 rings (SSSR count). The highest BCUT2D eigenvalue weighted by molar-refractivity contribution is 5.75. The summed E-state index contributed by atoms with van der Waals surface area (Å²) in [4.78, 5) is 19.1. The number of hydrogen-bond donors (Lipinski definition) is 2. The molecule has 0 saturated carbocycles. The van der Waals surface area contributed by atoms with Crippen molar-refractivity contribution in [1.82, 2.24) is 0 Å². The predicted octanol–water partition coefficient (Wildman–Crippen LogP) is 1.10. The van der Waals surface area contributed by atoms with E-state index >= 15 is 0 Å². The van der Waals surface area contributed by atoms with Crippen molar-refractivity contribution in [3.8, 4) is 5.75 Å². The Hall–Kier alpha value is -2.38. The Bertz CT molecular complexity index is 456. The normalized spacial score (nSPS) is 9.93. The van der Waals surface area contributed by atoms with E-state index in [4.69, 9.17) is 5.73 Å². The van der Waals surface area contributed by atoms with E-state index in [-0.39, 0.29) is 11.3 Å². The molecule has 0 amide bonds. The van der Waals surface area contributed by atoms with E-state index in [1.54, 1.807) is 0 Å². The van der Waals surface area contributed by atoms with Crippen molar-refractivity contribution in [2.75, 3.05) is 5.73 Å². The van der Waals surface area contributed by atoms with Gasteiger partial charge in [0.2, 0.25) is 0 Å². The fraction of sp³-hybridized carbons (Fsp3) is 0.143. The van der Waals surface area contributed by atoms with Crippen LogP contribution in [0, 0.1) is 27.2 Å². The smallest absolute Gasteiger partial charge is 0.340 e. The number of aromatic hydroxyl groups is 1. The molecule has 0 aromatic heterocycles. The van der Waals surface area contributed by atoms with Crippen LogP contribution in [0.1, 0.15) is 5.56 Å². The van der Waals surface area contributed by atoms with Crippen LogP contribution in [0.4, 0.5) is 17.1 Å². The van der Waals surface area contributed by atoms with Crippen molar-refractivity contribution >= 4 is 17.1 Å². The number of anilines is 1. The maximum absolute atomic E-state index is 10.5. The zero-order valence-corrected chi connectivity index (χ0v) is 7.63. The molecule has 0 aliphatic rings. The first-order chi connectivity index (χ1) is 6.86. The minimum Gasteiger partial charge on any atom is -0.497 e. The third kappa shape index (κ3) is 1.64. The fourth-order valence-corrected chi connectivity index (χ4v) is 1.11. The molecule has 0 heterocycles. The number of nitro benzene ring substituents is 2. The number of rotatable bonds is 2. The van der Waals surface area contributed by atoms with Gasteiger partial charge < -0.3 is 10.8 Å². The zero-order valence-electron chi connectivity index (χ0n) is 7.63. The number of benzene rings is 1. The van der Waals surface area contributed by atoms with E-state index in [2.05, 4.69) is 0 Å². The van der Waals surface area contributed by atoms with Gasteiger partial charge in [-0.15, -0.1) is 0 Å². The van der Waals surface area contributed by atoms with Gasteiger partial charge in [0.05, 0.1) is 9.85 Å². The molecule has 0 fully saturated rings. The summed E-state index contributed by atoms with van der Waals surface area (Å²) in [6.07, 6.45) is 0. The van der Waals surface area contributed by atoms with Crippen LogP contribution in [0.3, 0.4) is 0 Å². The molecular formula is C7H7N3O5. The lowest BCUT2D eigenvalue weighted by Crippen LogP contribution is -2.01. The van der Waals surface area contributed by atoms with Gasteiger partial charge >= 0.3 is 11.4 Å². The van der Waals surface area contributed by atoms with E-state index < -0.39 is 27.0 Å². The van der Waals surface area contributed by atoms with Crippen molar-refractivity contribution in [2.45, 2.75) is 6.92 Å².